The quantitative estimate of drug-likeness (QED) is 0.568. The SMILES string of the molecule is COc1ccc(-c2c[nH]c3ncc(-c4cccc(O)c4)cc23)cc1F. The molecule has 2 aromatic carbocycles. The minimum absolute atomic E-state index is 0.198. The predicted octanol–water partition coefficient (Wildman–Crippen LogP) is 4.75. The number of hydrogen-bond acceptors (Lipinski definition) is 3. The molecule has 0 fully saturated rings. The van der Waals surface area contributed by atoms with Crippen molar-refractivity contribution in [1.82, 2.24) is 9.97 Å². The highest BCUT2D eigenvalue weighted by atomic mass is 19.1. The second kappa shape index (κ2) is 5.94. The number of hydrogen-bond donors (Lipinski definition) is 2. The van der Waals surface area contributed by atoms with E-state index >= 15 is 0 Å². The van der Waals surface area contributed by atoms with Crippen molar-refractivity contribution in [3.05, 3.63) is 66.7 Å². The topological polar surface area (TPSA) is 58.1 Å². The van der Waals surface area contributed by atoms with Crippen LogP contribution in [-0.4, -0.2) is 22.2 Å². The fourth-order valence-electron chi connectivity index (χ4n) is 2.92. The Morgan fingerprint density at radius 1 is 1.04 bits per heavy atom. The number of rotatable bonds is 3. The number of ether oxygens (including phenoxy) is 1. The minimum Gasteiger partial charge on any atom is -0.508 e. The lowest BCUT2D eigenvalue weighted by Gasteiger charge is -2.06. The Morgan fingerprint density at radius 2 is 1.92 bits per heavy atom. The summed E-state index contributed by atoms with van der Waals surface area (Å²) in [6.45, 7) is 0. The molecule has 0 aliphatic heterocycles. The molecule has 0 aliphatic carbocycles. The van der Waals surface area contributed by atoms with E-state index in [9.17, 15) is 9.50 Å². The number of H-pyrrole nitrogens is 1. The van der Waals surface area contributed by atoms with Crippen molar-refractivity contribution in [1.29, 1.82) is 0 Å². The molecule has 4 nitrogen and oxygen atoms in total. The minimum atomic E-state index is -0.411. The molecule has 0 aliphatic rings. The lowest BCUT2D eigenvalue weighted by atomic mass is 10.0. The Balaban J connectivity index is 1.85. The molecule has 4 aromatic rings. The van der Waals surface area contributed by atoms with Crippen LogP contribution in [0.2, 0.25) is 0 Å². The molecule has 0 saturated carbocycles. The normalized spacial score (nSPS) is 11.0. The van der Waals surface area contributed by atoms with Gasteiger partial charge in [0.2, 0.25) is 0 Å². The van der Waals surface area contributed by atoms with Crippen LogP contribution in [0.1, 0.15) is 0 Å². The predicted molar refractivity (Wildman–Crippen MR) is 95.1 cm³/mol. The van der Waals surface area contributed by atoms with Gasteiger partial charge in [0.05, 0.1) is 7.11 Å². The second-order valence-corrected chi connectivity index (χ2v) is 5.72. The molecule has 2 N–H and O–H groups in total. The van der Waals surface area contributed by atoms with Gasteiger partial charge >= 0.3 is 0 Å². The molecule has 4 rings (SSSR count). The smallest absolute Gasteiger partial charge is 0.165 e. The van der Waals surface area contributed by atoms with E-state index in [0.29, 0.717) is 0 Å². The summed E-state index contributed by atoms with van der Waals surface area (Å²) < 4.78 is 19.0. The zero-order chi connectivity index (χ0) is 17.4. The second-order valence-electron chi connectivity index (χ2n) is 5.72. The molecule has 0 saturated heterocycles. The first-order valence-electron chi connectivity index (χ1n) is 7.76. The summed E-state index contributed by atoms with van der Waals surface area (Å²) in [5, 5.41) is 10.6. The molecule has 25 heavy (non-hydrogen) atoms. The highest BCUT2D eigenvalue weighted by Gasteiger charge is 2.12. The Labute approximate surface area is 143 Å². The van der Waals surface area contributed by atoms with E-state index in [0.717, 1.165) is 33.3 Å². The number of benzene rings is 2. The van der Waals surface area contributed by atoms with Gasteiger partial charge in [0.25, 0.3) is 0 Å². The molecule has 0 spiro atoms. The first-order chi connectivity index (χ1) is 12.2. The van der Waals surface area contributed by atoms with Crippen LogP contribution in [0.5, 0.6) is 11.5 Å². The van der Waals surface area contributed by atoms with Crippen molar-refractivity contribution in [3.8, 4) is 33.8 Å². The fourth-order valence-corrected chi connectivity index (χ4v) is 2.92. The number of aromatic hydroxyl groups is 1. The van der Waals surface area contributed by atoms with Crippen molar-refractivity contribution in [2.24, 2.45) is 0 Å². The van der Waals surface area contributed by atoms with E-state index in [1.165, 1.54) is 13.2 Å². The molecule has 0 unspecified atom stereocenters. The van der Waals surface area contributed by atoms with Crippen molar-refractivity contribution >= 4 is 11.0 Å². The van der Waals surface area contributed by atoms with E-state index in [1.807, 2.05) is 24.4 Å². The average molecular weight is 334 g/mol. The summed E-state index contributed by atoms with van der Waals surface area (Å²) in [4.78, 5) is 7.54. The molecule has 0 radical (unpaired) electrons. The van der Waals surface area contributed by atoms with Crippen LogP contribution in [0.25, 0.3) is 33.3 Å². The number of nitrogens with one attached hydrogen (secondary N) is 1. The highest BCUT2D eigenvalue weighted by molar-refractivity contribution is 5.95. The summed E-state index contributed by atoms with van der Waals surface area (Å²) in [7, 11) is 1.44. The van der Waals surface area contributed by atoms with Crippen LogP contribution in [0.4, 0.5) is 4.39 Å². The van der Waals surface area contributed by atoms with Gasteiger partial charge in [-0.05, 0) is 41.5 Å². The van der Waals surface area contributed by atoms with Gasteiger partial charge in [0.1, 0.15) is 11.4 Å². The maximum atomic E-state index is 14.1. The summed E-state index contributed by atoms with van der Waals surface area (Å²) >= 11 is 0. The number of methoxy groups -OCH3 is 1. The monoisotopic (exact) mass is 334 g/mol. The van der Waals surface area contributed by atoms with Gasteiger partial charge in [0, 0.05) is 28.9 Å². The maximum Gasteiger partial charge on any atom is 0.165 e. The number of fused-ring (bicyclic) bond motifs is 1. The lowest BCUT2D eigenvalue weighted by molar-refractivity contribution is 0.386. The summed E-state index contributed by atoms with van der Waals surface area (Å²) in [5.74, 6) is -0.00211. The van der Waals surface area contributed by atoms with Gasteiger partial charge in [-0.15, -0.1) is 0 Å². The van der Waals surface area contributed by atoms with Gasteiger partial charge < -0.3 is 14.8 Å². The van der Waals surface area contributed by atoms with Gasteiger partial charge in [-0.2, -0.15) is 0 Å². The Kier molecular flexibility index (Phi) is 3.61. The maximum absolute atomic E-state index is 14.1. The fraction of sp³-hybridized carbons (Fsp3) is 0.0500. The van der Waals surface area contributed by atoms with Crippen LogP contribution in [0, 0.1) is 5.82 Å². The highest BCUT2D eigenvalue weighted by Crippen LogP contribution is 2.33. The van der Waals surface area contributed by atoms with E-state index in [4.69, 9.17) is 4.74 Å². The molecule has 0 bridgehead atoms. The molecular formula is C20H15FN2O2. The summed E-state index contributed by atoms with van der Waals surface area (Å²) in [6, 6.07) is 13.8. The first kappa shape index (κ1) is 15.2. The van der Waals surface area contributed by atoms with Crippen LogP contribution < -0.4 is 4.74 Å². The number of nitrogens with zero attached hydrogens (tertiary/aromatic N) is 1. The van der Waals surface area contributed by atoms with Crippen molar-refractivity contribution in [3.63, 3.8) is 0 Å². The summed E-state index contributed by atoms with van der Waals surface area (Å²) in [6.07, 6.45) is 3.55. The van der Waals surface area contributed by atoms with Crippen molar-refractivity contribution < 1.29 is 14.2 Å². The Bertz CT molecular complexity index is 1070. The number of aromatic amines is 1. The molecule has 0 atom stereocenters. The van der Waals surface area contributed by atoms with Gasteiger partial charge in [-0.1, -0.05) is 18.2 Å². The van der Waals surface area contributed by atoms with Crippen molar-refractivity contribution in [2.75, 3.05) is 7.11 Å². The molecular weight excluding hydrogens is 319 g/mol. The van der Waals surface area contributed by atoms with Crippen molar-refractivity contribution in [2.45, 2.75) is 0 Å². The van der Waals surface area contributed by atoms with E-state index < -0.39 is 5.82 Å². The third-order valence-electron chi connectivity index (χ3n) is 4.17. The molecule has 2 aromatic heterocycles. The number of phenols is 1. The Hall–Kier alpha value is -3.34. The average Bonchev–Trinajstić information content (AvgIpc) is 3.04. The van der Waals surface area contributed by atoms with Gasteiger partial charge in [-0.3, -0.25) is 0 Å². The molecule has 124 valence electrons. The zero-order valence-electron chi connectivity index (χ0n) is 13.5. The van der Waals surface area contributed by atoms with E-state index in [1.54, 1.807) is 30.5 Å². The first-order valence-corrected chi connectivity index (χ1v) is 7.76. The van der Waals surface area contributed by atoms with Crippen LogP contribution in [0.15, 0.2) is 60.9 Å². The van der Waals surface area contributed by atoms with Gasteiger partial charge in [0.15, 0.2) is 11.6 Å². The van der Waals surface area contributed by atoms with Crippen LogP contribution in [-0.2, 0) is 0 Å². The third kappa shape index (κ3) is 2.70. The number of pyridine rings is 1. The number of phenolic OH excluding ortho intramolecular Hbond substituents is 1. The number of halogens is 1. The Morgan fingerprint density at radius 3 is 2.68 bits per heavy atom. The van der Waals surface area contributed by atoms with Gasteiger partial charge in [-0.25, -0.2) is 9.37 Å². The standard InChI is InChI=1S/C20H15FN2O2/c1-25-19-6-5-13(9-18(19)21)17-11-23-20-16(17)8-14(10-22-20)12-3-2-4-15(24)7-12/h2-11,24H,1H3,(H,22,23). The third-order valence-corrected chi connectivity index (χ3v) is 4.17. The van der Waals surface area contributed by atoms with E-state index in [-0.39, 0.29) is 11.5 Å². The largest absolute Gasteiger partial charge is 0.508 e. The molecule has 0 amide bonds. The molecule has 2 heterocycles. The van der Waals surface area contributed by atoms with Crippen LogP contribution >= 0.6 is 0 Å². The zero-order valence-corrected chi connectivity index (χ0v) is 13.5. The number of aromatic nitrogens is 2. The van der Waals surface area contributed by atoms with Crippen LogP contribution in [0.3, 0.4) is 0 Å². The summed E-state index contributed by atoms with van der Waals surface area (Å²) in [5.41, 5.74) is 4.04. The molecule has 5 heteroatoms. The lowest BCUT2D eigenvalue weighted by Crippen LogP contribution is -1.88. The van der Waals surface area contributed by atoms with E-state index in [2.05, 4.69) is 9.97 Å².